The molecule has 1 saturated carbocycles. The van der Waals surface area contributed by atoms with E-state index in [2.05, 4.69) is 24.4 Å². The fraction of sp³-hybridized carbons (Fsp3) is 0.467. The number of anilines is 1. The highest BCUT2D eigenvalue weighted by Crippen LogP contribution is 2.45. The second kappa shape index (κ2) is 4.10. The third-order valence-electron chi connectivity index (χ3n) is 4.21. The van der Waals surface area contributed by atoms with Gasteiger partial charge < -0.3 is 10.4 Å². The van der Waals surface area contributed by atoms with E-state index in [1.54, 1.807) is 12.1 Å². The molecule has 2 heteroatoms. The normalized spacial score (nSPS) is 31.7. The summed E-state index contributed by atoms with van der Waals surface area (Å²) in [6, 6.07) is 7.86. The van der Waals surface area contributed by atoms with E-state index in [-0.39, 0.29) is 0 Å². The summed E-state index contributed by atoms with van der Waals surface area (Å²) in [6.45, 7) is 2.25. The number of benzene rings is 1. The van der Waals surface area contributed by atoms with E-state index in [9.17, 15) is 5.11 Å². The maximum atomic E-state index is 9.45. The van der Waals surface area contributed by atoms with Crippen molar-refractivity contribution in [2.24, 2.45) is 17.8 Å². The van der Waals surface area contributed by atoms with E-state index in [4.69, 9.17) is 0 Å². The van der Waals surface area contributed by atoms with Crippen molar-refractivity contribution >= 4 is 5.69 Å². The van der Waals surface area contributed by atoms with E-state index in [0.717, 1.165) is 23.4 Å². The SMILES string of the molecule is CC(Nc1cccc(O)c1)C1CC2C=CC1C2. The molecule has 1 aromatic carbocycles. The van der Waals surface area contributed by atoms with Crippen LogP contribution in [0.5, 0.6) is 5.75 Å². The molecule has 4 unspecified atom stereocenters. The molecule has 0 heterocycles. The first-order chi connectivity index (χ1) is 8.22. The van der Waals surface area contributed by atoms with Gasteiger partial charge in [0, 0.05) is 17.8 Å². The third kappa shape index (κ3) is 2.04. The van der Waals surface area contributed by atoms with E-state index < -0.39 is 0 Å². The smallest absolute Gasteiger partial charge is 0.117 e. The zero-order chi connectivity index (χ0) is 11.8. The summed E-state index contributed by atoms with van der Waals surface area (Å²) in [5.74, 6) is 2.65. The molecule has 2 nitrogen and oxygen atoms in total. The van der Waals surface area contributed by atoms with Crippen LogP contribution in [0.2, 0.25) is 0 Å². The Morgan fingerprint density at radius 2 is 2.18 bits per heavy atom. The van der Waals surface area contributed by atoms with Crippen LogP contribution in [0.1, 0.15) is 19.8 Å². The molecule has 2 aliphatic carbocycles. The zero-order valence-corrected chi connectivity index (χ0v) is 10.1. The molecule has 0 spiro atoms. The second-order valence-corrected chi connectivity index (χ2v) is 5.43. The van der Waals surface area contributed by atoms with Crippen LogP contribution in [0.15, 0.2) is 36.4 Å². The molecular weight excluding hydrogens is 210 g/mol. The maximum absolute atomic E-state index is 9.45. The highest BCUT2D eigenvalue weighted by Gasteiger charge is 2.38. The molecule has 17 heavy (non-hydrogen) atoms. The number of fused-ring (bicyclic) bond motifs is 2. The molecule has 1 aromatic rings. The van der Waals surface area contributed by atoms with Crippen molar-refractivity contribution in [3.8, 4) is 5.75 Å². The number of nitrogens with one attached hydrogen (secondary N) is 1. The monoisotopic (exact) mass is 229 g/mol. The van der Waals surface area contributed by atoms with Crippen LogP contribution in [0.4, 0.5) is 5.69 Å². The Balaban J connectivity index is 1.67. The number of allylic oxidation sites excluding steroid dienone is 2. The maximum Gasteiger partial charge on any atom is 0.117 e. The van der Waals surface area contributed by atoms with Gasteiger partial charge in [-0.3, -0.25) is 0 Å². The van der Waals surface area contributed by atoms with Crippen molar-refractivity contribution < 1.29 is 5.11 Å². The molecule has 90 valence electrons. The molecule has 0 saturated heterocycles. The van der Waals surface area contributed by atoms with Crippen molar-refractivity contribution in [3.63, 3.8) is 0 Å². The quantitative estimate of drug-likeness (QED) is 0.778. The highest BCUT2D eigenvalue weighted by molar-refractivity contribution is 5.48. The summed E-state index contributed by atoms with van der Waals surface area (Å²) in [4.78, 5) is 0. The van der Waals surface area contributed by atoms with Crippen LogP contribution in [-0.2, 0) is 0 Å². The first-order valence-corrected chi connectivity index (χ1v) is 6.46. The lowest BCUT2D eigenvalue weighted by molar-refractivity contribution is 0.399. The predicted molar refractivity (Wildman–Crippen MR) is 70.0 cm³/mol. The molecule has 1 fully saturated rings. The Morgan fingerprint density at radius 1 is 1.29 bits per heavy atom. The van der Waals surface area contributed by atoms with Gasteiger partial charge in [-0.15, -0.1) is 0 Å². The largest absolute Gasteiger partial charge is 0.508 e. The summed E-state index contributed by atoms with van der Waals surface area (Å²) in [6.07, 6.45) is 7.42. The van der Waals surface area contributed by atoms with Crippen LogP contribution in [-0.4, -0.2) is 11.1 Å². The molecular formula is C15H19NO. The lowest BCUT2D eigenvalue weighted by Crippen LogP contribution is -2.28. The number of phenolic OH excluding ortho intramolecular Hbond substituents is 1. The highest BCUT2D eigenvalue weighted by atomic mass is 16.3. The van der Waals surface area contributed by atoms with Crippen molar-refractivity contribution in [2.75, 3.05) is 5.32 Å². The fourth-order valence-corrected chi connectivity index (χ4v) is 3.36. The minimum absolute atomic E-state index is 0.329. The van der Waals surface area contributed by atoms with Gasteiger partial charge in [-0.1, -0.05) is 18.2 Å². The molecule has 2 N–H and O–H groups in total. The number of hydrogen-bond donors (Lipinski definition) is 2. The van der Waals surface area contributed by atoms with Gasteiger partial charge in [0.15, 0.2) is 0 Å². The second-order valence-electron chi connectivity index (χ2n) is 5.43. The molecule has 3 rings (SSSR count). The van der Waals surface area contributed by atoms with Gasteiger partial charge in [-0.05, 0) is 49.7 Å². The van der Waals surface area contributed by atoms with Gasteiger partial charge in [0.1, 0.15) is 5.75 Å². The van der Waals surface area contributed by atoms with Crippen molar-refractivity contribution in [1.82, 2.24) is 0 Å². The summed E-state index contributed by atoms with van der Waals surface area (Å²) >= 11 is 0. The van der Waals surface area contributed by atoms with Gasteiger partial charge in [0.2, 0.25) is 0 Å². The van der Waals surface area contributed by atoms with Crippen LogP contribution >= 0.6 is 0 Å². The van der Waals surface area contributed by atoms with Crippen molar-refractivity contribution in [3.05, 3.63) is 36.4 Å². The van der Waals surface area contributed by atoms with Crippen LogP contribution in [0, 0.1) is 17.8 Å². The topological polar surface area (TPSA) is 32.3 Å². The minimum Gasteiger partial charge on any atom is -0.508 e. The van der Waals surface area contributed by atoms with Crippen LogP contribution in [0.25, 0.3) is 0 Å². The van der Waals surface area contributed by atoms with E-state index in [1.165, 1.54) is 12.8 Å². The van der Waals surface area contributed by atoms with Gasteiger partial charge in [-0.25, -0.2) is 0 Å². The van der Waals surface area contributed by atoms with Gasteiger partial charge >= 0.3 is 0 Å². The van der Waals surface area contributed by atoms with Crippen LogP contribution < -0.4 is 5.32 Å². The van der Waals surface area contributed by atoms with E-state index in [1.807, 2.05) is 12.1 Å². The summed E-state index contributed by atoms with van der Waals surface area (Å²) < 4.78 is 0. The lowest BCUT2D eigenvalue weighted by atomic mass is 9.87. The summed E-state index contributed by atoms with van der Waals surface area (Å²) in [5.41, 5.74) is 1.02. The van der Waals surface area contributed by atoms with Gasteiger partial charge in [0.05, 0.1) is 0 Å². The molecule has 0 amide bonds. The lowest BCUT2D eigenvalue weighted by Gasteiger charge is -2.27. The fourth-order valence-electron chi connectivity index (χ4n) is 3.36. The molecule has 2 bridgehead atoms. The van der Waals surface area contributed by atoms with E-state index >= 15 is 0 Å². The molecule has 0 radical (unpaired) electrons. The van der Waals surface area contributed by atoms with Crippen molar-refractivity contribution in [1.29, 1.82) is 0 Å². The molecule has 0 aliphatic heterocycles. The average molecular weight is 229 g/mol. The zero-order valence-electron chi connectivity index (χ0n) is 10.1. The molecule has 4 atom stereocenters. The standard InChI is InChI=1S/C15H19NO/c1-10(15-8-11-5-6-12(15)7-11)16-13-3-2-4-14(17)9-13/h2-6,9-12,15-17H,7-8H2,1H3. The Hall–Kier alpha value is -1.44. The third-order valence-corrected chi connectivity index (χ3v) is 4.21. The van der Waals surface area contributed by atoms with Gasteiger partial charge in [0.25, 0.3) is 0 Å². The number of hydrogen-bond acceptors (Lipinski definition) is 2. The van der Waals surface area contributed by atoms with Crippen molar-refractivity contribution in [2.45, 2.75) is 25.8 Å². The Morgan fingerprint density at radius 3 is 2.82 bits per heavy atom. The Kier molecular flexibility index (Phi) is 2.58. The predicted octanol–water partition coefficient (Wildman–Crippen LogP) is 3.40. The molecule has 0 aromatic heterocycles. The van der Waals surface area contributed by atoms with E-state index in [0.29, 0.717) is 11.8 Å². The number of aromatic hydroxyl groups is 1. The van der Waals surface area contributed by atoms with Gasteiger partial charge in [-0.2, -0.15) is 0 Å². The summed E-state index contributed by atoms with van der Waals surface area (Å²) in [5, 5.41) is 13.0. The number of phenols is 1. The molecule has 2 aliphatic rings. The average Bonchev–Trinajstić information content (AvgIpc) is 2.90. The minimum atomic E-state index is 0.329. The first-order valence-electron chi connectivity index (χ1n) is 6.46. The Labute approximate surface area is 102 Å². The number of rotatable bonds is 3. The Bertz CT molecular complexity index is 440. The first kappa shape index (κ1) is 10.7. The van der Waals surface area contributed by atoms with Crippen LogP contribution in [0.3, 0.4) is 0 Å². The summed E-state index contributed by atoms with van der Waals surface area (Å²) in [7, 11) is 0.